The zero-order valence-electron chi connectivity index (χ0n) is 29.4. The van der Waals surface area contributed by atoms with E-state index in [1.807, 2.05) is 6.07 Å². The summed E-state index contributed by atoms with van der Waals surface area (Å²) < 4.78 is 7.31. The molecule has 0 spiro atoms. The summed E-state index contributed by atoms with van der Waals surface area (Å²) in [5.74, 6) is 0.742. The summed E-state index contributed by atoms with van der Waals surface area (Å²) in [4.78, 5) is 10.4. The molecule has 0 saturated carbocycles. The van der Waals surface area contributed by atoms with Crippen LogP contribution in [0, 0.1) is 0 Å². The molecule has 0 bridgehead atoms. The van der Waals surface area contributed by atoms with Crippen LogP contribution < -0.4 is 0 Å². The molecule has 4 nitrogen and oxygen atoms in total. The van der Waals surface area contributed by atoms with Crippen molar-refractivity contribution in [2.45, 2.75) is 0 Å². The highest BCUT2D eigenvalue weighted by Crippen LogP contribution is 2.48. The van der Waals surface area contributed by atoms with Crippen LogP contribution in [0.25, 0.3) is 119 Å². The zero-order chi connectivity index (χ0) is 35.8. The third kappa shape index (κ3) is 3.89. The number of hydrogen-bond acceptors (Lipinski definition) is 3. The van der Waals surface area contributed by atoms with Crippen LogP contribution in [-0.2, 0) is 0 Å². The van der Waals surface area contributed by atoms with Gasteiger partial charge in [-0.25, -0.2) is 9.97 Å². The number of nitrogens with zero attached hydrogens (tertiary/aromatic N) is 4. The van der Waals surface area contributed by atoms with Crippen molar-refractivity contribution in [3.8, 4) is 28.3 Å². The number of para-hydroxylation sites is 2. The Morgan fingerprint density at radius 1 is 0.436 bits per heavy atom. The summed E-state index contributed by atoms with van der Waals surface area (Å²) in [5.41, 5.74) is 11.4. The Hall–Kier alpha value is -7.08. The lowest BCUT2D eigenvalue weighted by Gasteiger charge is -2.12. The fourth-order valence-electron chi connectivity index (χ4n) is 9.31. The summed E-state index contributed by atoms with van der Waals surface area (Å²) >= 11 is 1.77. The largest absolute Gasteiger partial charge is 0.309 e. The lowest BCUT2D eigenvalue weighted by molar-refractivity contribution is 1.18. The van der Waals surface area contributed by atoms with E-state index in [1.165, 1.54) is 80.8 Å². The fourth-order valence-corrected chi connectivity index (χ4v) is 10.5. The van der Waals surface area contributed by atoms with Crippen molar-refractivity contribution in [1.29, 1.82) is 0 Å². The predicted octanol–water partition coefficient (Wildman–Crippen LogP) is 13.6. The monoisotopic (exact) mass is 716 g/mol. The zero-order valence-corrected chi connectivity index (χ0v) is 30.2. The van der Waals surface area contributed by atoms with Crippen LogP contribution in [0.3, 0.4) is 0 Å². The number of benzene rings is 8. The van der Waals surface area contributed by atoms with Gasteiger partial charge in [-0.15, -0.1) is 11.3 Å². The number of aromatic nitrogens is 4. The van der Waals surface area contributed by atoms with Gasteiger partial charge in [0.1, 0.15) is 0 Å². The molecule has 0 atom stereocenters. The van der Waals surface area contributed by atoms with Crippen molar-refractivity contribution in [3.05, 3.63) is 170 Å². The van der Waals surface area contributed by atoms with Gasteiger partial charge in [-0.2, -0.15) is 0 Å². The second-order valence-electron chi connectivity index (χ2n) is 14.5. The van der Waals surface area contributed by atoms with Crippen LogP contribution in [0.4, 0.5) is 0 Å². The molecular formula is C50H28N4S. The number of rotatable bonds is 3. The van der Waals surface area contributed by atoms with E-state index < -0.39 is 0 Å². The van der Waals surface area contributed by atoms with E-state index in [1.54, 1.807) is 11.3 Å². The Morgan fingerprint density at radius 2 is 1.13 bits per heavy atom. The van der Waals surface area contributed by atoms with E-state index in [4.69, 9.17) is 9.97 Å². The minimum atomic E-state index is 0.742. The standard InChI is InChI=1S/C50H28N4S/c1-2-13-31(14-3-1)50-51-45(49-46(52-50)36-18-8-11-21-42(36)55-49)30-22-25-32(26-23-30)53-41-27-24-29-12-4-5-15-33(29)43(41)38-28-37-34-16-6-9-19-39(34)54-40-20-10-7-17-35(40)44(47(37)54)48(38)53/h1-28H. The van der Waals surface area contributed by atoms with Crippen molar-refractivity contribution < 1.29 is 0 Å². The summed E-state index contributed by atoms with van der Waals surface area (Å²) in [7, 11) is 0. The quantitative estimate of drug-likeness (QED) is 0.182. The van der Waals surface area contributed by atoms with E-state index in [2.05, 4.69) is 173 Å². The molecule has 0 aliphatic rings. The molecular weight excluding hydrogens is 689 g/mol. The van der Waals surface area contributed by atoms with E-state index in [9.17, 15) is 0 Å². The smallest absolute Gasteiger partial charge is 0.160 e. The summed E-state index contributed by atoms with van der Waals surface area (Å²) in [5, 5.41) is 11.4. The summed E-state index contributed by atoms with van der Waals surface area (Å²) in [6.45, 7) is 0. The van der Waals surface area contributed by atoms with Gasteiger partial charge in [0.15, 0.2) is 5.82 Å². The molecule has 13 rings (SSSR count). The van der Waals surface area contributed by atoms with Crippen LogP contribution in [0.1, 0.15) is 0 Å². The first-order chi connectivity index (χ1) is 27.3. The molecule has 0 fully saturated rings. The predicted molar refractivity (Wildman–Crippen MR) is 232 cm³/mol. The number of hydrogen-bond donors (Lipinski definition) is 0. The molecule has 0 aliphatic heterocycles. The van der Waals surface area contributed by atoms with Crippen molar-refractivity contribution >= 4 is 102 Å². The molecule has 254 valence electrons. The van der Waals surface area contributed by atoms with Gasteiger partial charge >= 0.3 is 0 Å². The maximum absolute atomic E-state index is 5.27. The molecule has 0 radical (unpaired) electrons. The van der Waals surface area contributed by atoms with Crippen LogP contribution in [0.15, 0.2) is 170 Å². The third-order valence-electron chi connectivity index (χ3n) is 11.6. The van der Waals surface area contributed by atoms with Gasteiger partial charge in [0.05, 0.1) is 43.5 Å². The van der Waals surface area contributed by atoms with Gasteiger partial charge < -0.3 is 8.97 Å². The van der Waals surface area contributed by atoms with E-state index in [0.29, 0.717) is 0 Å². The van der Waals surface area contributed by atoms with Crippen LogP contribution in [0.2, 0.25) is 0 Å². The van der Waals surface area contributed by atoms with Gasteiger partial charge in [-0.05, 0) is 53.2 Å². The molecule has 0 N–H and O–H groups in total. The topological polar surface area (TPSA) is 35.1 Å². The first kappa shape index (κ1) is 29.4. The summed E-state index contributed by atoms with van der Waals surface area (Å²) in [6.07, 6.45) is 0. The fraction of sp³-hybridized carbons (Fsp3) is 0. The molecule has 5 heteroatoms. The normalized spacial score (nSPS) is 12.4. The lowest BCUT2D eigenvalue weighted by atomic mass is 10.0. The molecule has 0 unspecified atom stereocenters. The highest BCUT2D eigenvalue weighted by Gasteiger charge is 2.25. The first-order valence-corrected chi connectivity index (χ1v) is 19.5. The Labute approximate surface area is 318 Å². The van der Waals surface area contributed by atoms with Crippen molar-refractivity contribution in [3.63, 3.8) is 0 Å². The van der Waals surface area contributed by atoms with Crippen LogP contribution >= 0.6 is 11.3 Å². The molecule has 0 amide bonds. The molecule has 0 saturated heterocycles. The first-order valence-electron chi connectivity index (χ1n) is 18.7. The Kier molecular flexibility index (Phi) is 5.74. The molecule has 0 aliphatic carbocycles. The van der Waals surface area contributed by atoms with Gasteiger partial charge in [0.2, 0.25) is 0 Å². The van der Waals surface area contributed by atoms with Crippen LogP contribution in [0.5, 0.6) is 0 Å². The number of fused-ring (bicyclic) bond motifs is 15. The van der Waals surface area contributed by atoms with Gasteiger partial charge in [0.25, 0.3) is 0 Å². The Balaban J connectivity index is 1.13. The lowest BCUT2D eigenvalue weighted by Crippen LogP contribution is -1.96. The maximum Gasteiger partial charge on any atom is 0.160 e. The van der Waals surface area contributed by atoms with Gasteiger partial charge in [-0.1, -0.05) is 127 Å². The second kappa shape index (κ2) is 10.8. The highest BCUT2D eigenvalue weighted by atomic mass is 32.1. The Bertz CT molecular complexity index is 3700. The SMILES string of the molecule is c1ccc(-c2nc(-c3ccc(-n4c5ccc6ccccc6c5c5cc6c7ccccc7n7c8ccccc8c(c54)c67)cc3)c3sc4ccccc4c3n2)cc1. The Morgan fingerprint density at radius 3 is 1.96 bits per heavy atom. The van der Waals surface area contributed by atoms with Crippen LogP contribution in [-0.4, -0.2) is 18.9 Å². The van der Waals surface area contributed by atoms with Gasteiger partial charge in [-0.3, -0.25) is 0 Å². The molecule has 55 heavy (non-hydrogen) atoms. The third-order valence-corrected chi connectivity index (χ3v) is 12.8. The molecule has 5 aromatic heterocycles. The van der Waals surface area contributed by atoms with Crippen molar-refractivity contribution in [1.82, 2.24) is 18.9 Å². The van der Waals surface area contributed by atoms with Crippen molar-refractivity contribution in [2.75, 3.05) is 0 Å². The second-order valence-corrected chi connectivity index (χ2v) is 15.6. The molecule has 13 aromatic rings. The average Bonchev–Trinajstić information content (AvgIpc) is 3.99. The highest BCUT2D eigenvalue weighted by molar-refractivity contribution is 7.26. The average molecular weight is 717 g/mol. The van der Waals surface area contributed by atoms with Gasteiger partial charge in [0, 0.05) is 59.2 Å². The van der Waals surface area contributed by atoms with Crippen molar-refractivity contribution in [2.24, 2.45) is 0 Å². The van der Waals surface area contributed by atoms with E-state index in [0.717, 1.165) is 38.5 Å². The summed E-state index contributed by atoms with van der Waals surface area (Å²) in [6, 6.07) is 61.5. The minimum absolute atomic E-state index is 0.742. The van der Waals surface area contributed by atoms with E-state index in [-0.39, 0.29) is 0 Å². The number of thiophene rings is 1. The molecule has 8 aromatic carbocycles. The van der Waals surface area contributed by atoms with E-state index >= 15 is 0 Å². The minimum Gasteiger partial charge on any atom is -0.309 e. The maximum atomic E-state index is 5.27. The molecule has 5 heterocycles.